The molecule has 0 radical (unpaired) electrons. The first-order valence-electron chi connectivity index (χ1n) is 9.80. The van der Waals surface area contributed by atoms with Gasteiger partial charge in [0.15, 0.2) is 0 Å². The quantitative estimate of drug-likeness (QED) is 0.659. The summed E-state index contributed by atoms with van der Waals surface area (Å²) in [6, 6.07) is 12.9. The number of thiophene rings is 1. The van der Waals surface area contributed by atoms with E-state index in [1.807, 2.05) is 30.3 Å². The minimum Gasteiger partial charge on any atom is -0.348 e. The summed E-state index contributed by atoms with van der Waals surface area (Å²) in [5.74, 6) is 0.243. The first-order chi connectivity index (χ1) is 14.1. The maximum absolute atomic E-state index is 13.1. The Labute approximate surface area is 174 Å². The average Bonchev–Trinajstić information content (AvgIpc) is 3.10. The van der Waals surface area contributed by atoms with Gasteiger partial charge in [0, 0.05) is 29.4 Å². The first kappa shape index (κ1) is 19.3. The predicted octanol–water partition coefficient (Wildman–Crippen LogP) is 4.45. The number of hydrogen-bond donors (Lipinski definition) is 2. The zero-order chi connectivity index (χ0) is 20.2. The fourth-order valence-electron chi connectivity index (χ4n) is 3.62. The normalized spacial score (nSPS) is 15.4. The molecule has 3 aromatic rings. The number of carbonyl (C=O) groups is 2. The minimum atomic E-state index is -0.196. The van der Waals surface area contributed by atoms with Crippen molar-refractivity contribution in [1.82, 2.24) is 10.3 Å². The van der Waals surface area contributed by atoms with Crippen LogP contribution < -0.4 is 10.6 Å². The van der Waals surface area contributed by atoms with E-state index in [0.29, 0.717) is 28.6 Å². The molecule has 1 aromatic carbocycles. The molecule has 4 rings (SSSR count). The van der Waals surface area contributed by atoms with Crippen LogP contribution in [0.2, 0.25) is 0 Å². The SMILES string of the molecule is CC1CCc2c(sc(NC(=O)c3ccccc3)c2C(=O)NCc2cccnc2)C1. The molecule has 0 bridgehead atoms. The smallest absolute Gasteiger partial charge is 0.256 e. The number of anilines is 1. The van der Waals surface area contributed by atoms with Crippen molar-refractivity contribution >= 4 is 28.2 Å². The predicted molar refractivity (Wildman–Crippen MR) is 115 cm³/mol. The Kier molecular flexibility index (Phi) is 5.71. The highest BCUT2D eigenvalue weighted by Crippen LogP contribution is 2.39. The molecule has 6 heteroatoms. The second kappa shape index (κ2) is 8.57. The zero-order valence-electron chi connectivity index (χ0n) is 16.3. The fourth-order valence-corrected chi connectivity index (χ4v) is 5.02. The second-order valence-electron chi connectivity index (χ2n) is 7.42. The molecule has 0 saturated heterocycles. The lowest BCUT2D eigenvalue weighted by Crippen LogP contribution is -2.26. The molecule has 5 nitrogen and oxygen atoms in total. The molecule has 2 heterocycles. The third-order valence-corrected chi connectivity index (χ3v) is 6.35. The van der Waals surface area contributed by atoms with Crippen molar-refractivity contribution in [2.75, 3.05) is 5.32 Å². The molecule has 0 aliphatic heterocycles. The van der Waals surface area contributed by atoms with Gasteiger partial charge in [-0.1, -0.05) is 31.2 Å². The van der Waals surface area contributed by atoms with Crippen molar-refractivity contribution in [3.8, 4) is 0 Å². The van der Waals surface area contributed by atoms with Crippen LogP contribution in [0.15, 0.2) is 54.9 Å². The molecule has 0 spiro atoms. The van der Waals surface area contributed by atoms with Crippen LogP contribution in [0.3, 0.4) is 0 Å². The number of pyridine rings is 1. The number of amides is 2. The molecule has 2 aromatic heterocycles. The van der Waals surface area contributed by atoms with Gasteiger partial charge in [0.25, 0.3) is 11.8 Å². The third-order valence-electron chi connectivity index (χ3n) is 5.18. The maximum Gasteiger partial charge on any atom is 0.256 e. The summed E-state index contributed by atoms with van der Waals surface area (Å²) in [6.07, 6.45) is 6.31. The van der Waals surface area contributed by atoms with Crippen LogP contribution in [-0.2, 0) is 19.4 Å². The van der Waals surface area contributed by atoms with Crippen LogP contribution in [0.5, 0.6) is 0 Å². The summed E-state index contributed by atoms with van der Waals surface area (Å²) < 4.78 is 0. The van der Waals surface area contributed by atoms with Gasteiger partial charge in [-0.25, -0.2) is 0 Å². The molecule has 2 amide bonds. The standard InChI is InChI=1S/C23H23N3O2S/c1-15-9-10-18-19(12-15)29-23(26-21(27)17-7-3-2-4-8-17)20(18)22(28)25-14-16-6-5-11-24-13-16/h2-8,11,13,15H,9-10,12,14H2,1H3,(H,25,28)(H,26,27). The Balaban J connectivity index is 1.60. The molecule has 29 heavy (non-hydrogen) atoms. The van der Waals surface area contributed by atoms with E-state index in [0.717, 1.165) is 30.4 Å². The van der Waals surface area contributed by atoms with E-state index in [9.17, 15) is 9.59 Å². The van der Waals surface area contributed by atoms with Gasteiger partial charge in [0.1, 0.15) is 5.00 Å². The Morgan fingerprint density at radius 2 is 1.97 bits per heavy atom. The summed E-state index contributed by atoms with van der Waals surface area (Å²) in [5.41, 5.74) is 3.22. The van der Waals surface area contributed by atoms with Crippen molar-refractivity contribution in [1.29, 1.82) is 0 Å². The average molecular weight is 406 g/mol. The van der Waals surface area contributed by atoms with E-state index >= 15 is 0 Å². The van der Waals surface area contributed by atoms with E-state index < -0.39 is 0 Å². The van der Waals surface area contributed by atoms with Gasteiger partial charge < -0.3 is 10.6 Å². The van der Waals surface area contributed by atoms with E-state index in [1.165, 1.54) is 16.2 Å². The van der Waals surface area contributed by atoms with E-state index in [1.54, 1.807) is 24.5 Å². The summed E-state index contributed by atoms with van der Waals surface area (Å²) >= 11 is 1.53. The number of benzene rings is 1. The van der Waals surface area contributed by atoms with Crippen LogP contribution >= 0.6 is 11.3 Å². The number of hydrogen-bond acceptors (Lipinski definition) is 4. The molecule has 1 atom stereocenters. The molecule has 1 unspecified atom stereocenters. The van der Waals surface area contributed by atoms with Gasteiger partial charge in [-0.15, -0.1) is 11.3 Å². The Morgan fingerprint density at radius 3 is 2.72 bits per heavy atom. The van der Waals surface area contributed by atoms with Crippen LogP contribution in [0, 0.1) is 5.92 Å². The Morgan fingerprint density at radius 1 is 1.14 bits per heavy atom. The molecular formula is C23H23N3O2S. The van der Waals surface area contributed by atoms with Crippen LogP contribution in [0.4, 0.5) is 5.00 Å². The molecule has 1 aliphatic carbocycles. The van der Waals surface area contributed by atoms with Gasteiger partial charge in [-0.3, -0.25) is 14.6 Å². The maximum atomic E-state index is 13.1. The number of nitrogens with one attached hydrogen (secondary N) is 2. The van der Waals surface area contributed by atoms with Gasteiger partial charge in [0.05, 0.1) is 5.56 Å². The molecule has 0 fully saturated rings. The van der Waals surface area contributed by atoms with Crippen molar-refractivity contribution in [2.24, 2.45) is 5.92 Å². The van der Waals surface area contributed by atoms with Gasteiger partial charge in [0.2, 0.25) is 0 Å². The molecule has 1 aliphatic rings. The molecule has 2 N–H and O–H groups in total. The zero-order valence-corrected chi connectivity index (χ0v) is 17.1. The lowest BCUT2D eigenvalue weighted by Gasteiger charge is -2.18. The highest BCUT2D eigenvalue weighted by molar-refractivity contribution is 7.17. The van der Waals surface area contributed by atoms with Crippen molar-refractivity contribution in [3.05, 3.63) is 82.0 Å². The highest BCUT2D eigenvalue weighted by Gasteiger charge is 2.28. The second-order valence-corrected chi connectivity index (χ2v) is 8.53. The third kappa shape index (κ3) is 4.38. The van der Waals surface area contributed by atoms with Crippen molar-refractivity contribution in [3.63, 3.8) is 0 Å². The first-order valence-corrected chi connectivity index (χ1v) is 10.6. The fraction of sp³-hybridized carbons (Fsp3) is 0.261. The summed E-state index contributed by atoms with van der Waals surface area (Å²) in [6.45, 7) is 2.63. The van der Waals surface area contributed by atoms with Gasteiger partial charge in [-0.05, 0) is 54.5 Å². The summed E-state index contributed by atoms with van der Waals surface area (Å²) in [7, 11) is 0. The number of carbonyl (C=O) groups excluding carboxylic acids is 2. The molecule has 148 valence electrons. The minimum absolute atomic E-state index is 0.149. The monoisotopic (exact) mass is 405 g/mol. The lowest BCUT2D eigenvalue weighted by atomic mass is 9.88. The summed E-state index contributed by atoms with van der Waals surface area (Å²) in [5, 5.41) is 6.62. The number of rotatable bonds is 5. The lowest BCUT2D eigenvalue weighted by molar-refractivity contribution is 0.0951. The largest absolute Gasteiger partial charge is 0.348 e. The van der Waals surface area contributed by atoms with Crippen molar-refractivity contribution in [2.45, 2.75) is 32.7 Å². The summed E-state index contributed by atoms with van der Waals surface area (Å²) in [4.78, 5) is 31.1. The number of aromatic nitrogens is 1. The number of nitrogens with zero attached hydrogens (tertiary/aromatic N) is 1. The Bertz CT molecular complexity index is 1020. The number of fused-ring (bicyclic) bond motifs is 1. The Hall–Kier alpha value is -2.99. The van der Waals surface area contributed by atoms with E-state index in [-0.39, 0.29) is 11.8 Å². The van der Waals surface area contributed by atoms with Crippen LogP contribution in [0.1, 0.15) is 50.1 Å². The highest BCUT2D eigenvalue weighted by atomic mass is 32.1. The van der Waals surface area contributed by atoms with Gasteiger partial charge >= 0.3 is 0 Å². The topological polar surface area (TPSA) is 71.1 Å². The van der Waals surface area contributed by atoms with Crippen LogP contribution in [-0.4, -0.2) is 16.8 Å². The van der Waals surface area contributed by atoms with E-state index in [2.05, 4.69) is 22.5 Å². The molecular weight excluding hydrogens is 382 g/mol. The van der Waals surface area contributed by atoms with Gasteiger partial charge in [-0.2, -0.15) is 0 Å². The molecule has 0 saturated carbocycles. The van der Waals surface area contributed by atoms with E-state index in [4.69, 9.17) is 0 Å². The van der Waals surface area contributed by atoms with Crippen molar-refractivity contribution < 1.29 is 9.59 Å². The van der Waals surface area contributed by atoms with Crippen LogP contribution in [0.25, 0.3) is 0 Å².